The van der Waals surface area contributed by atoms with Gasteiger partial charge in [0.1, 0.15) is 24.1 Å². The largest absolute Gasteiger partial charge is 0.458 e. The highest BCUT2D eigenvalue weighted by Crippen LogP contribution is 2.43. The smallest absolute Gasteiger partial charge is 0.230 e. The van der Waals surface area contributed by atoms with Crippen LogP contribution in [0.2, 0.25) is 0 Å². The number of hydrogen-bond acceptors (Lipinski definition) is 6. The maximum Gasteiger partial charge on any atom is 0.230 e. The van der Waals surface area contributed by atoms with Gasteiger partial charge in [-0.2, -0.15) is 0 Å². The third kappa shape index (κ3) is 2.19. The molecule has 1 amide bonds. The van der Waals surface area contributed by atoms with Gasteiger partial charge in [-0.1, -0.05) is 6.92 Å². The van der Waals surface area contributed by atoms with Crippen LogP contribution in [0.3, 0.4) is 0 Å². The molecule has 4 N–H and O–H groups in total. The molecule has 0 spiro atoms. The zero-order chi connectivity index (χ0) is 17.0. The van der Waals surface area contributed by atoms with Crippen molar-refractivity contribution >= 4 is 5.91 Å². The molecule has 4 rings (SSSR count). The summed E-state index contributed by atoms with van der Waals surface area (Å²) in [7, 11) is 0. The number of nitrogens with one attached hydrogen (secondary N) is 1. The zero-order valence-electron chi connectivity index (χ0n) is 13.3. The third-order valence-corrected chi connectivity index (χ3v) is 5.39. The predicted octanol–water partition coefficient (Wildman–Crippen LogP) is -0.304. The second-order valence-electron chi connectivity index (χ2n) is 6.71. The van der Waals surface area contributed by atoms with Gasteiger partial charge in [0.15, 0.2) is 5.76 Å². The fourth-order valence-electron chi connectivity index (χ4n) is 4.04. The number of carbonyl (C=O) groups is 1. The van der Waals surface area contributed by atoms with Crippen LogP contribution in [0.4, 0.5) is 0 Å². The number of piperidine rings is 1. The summed E-state index contributed by atoms with van der Waals surface area (Å²) in [5.41, 5.74) is 1.37. The van der Waals surface area contributed by atoms with Crippen molar-refractivity contribution in [1.29, 1.82) is 0 Å². The van der Waals surface area contributed by atoms with E-state index in [2.05, 4.69) is 5.32 Å². The second kappa shape index (κ2) is 5.61. The quantitative estimate of drug-likeness (QED) is 0.524. The van der Waals surface area contributed by atoms with Crippen LogP contribution in [0.1, 0.15) is 19.8 Å². The Labute approximate surface area is 139 Å². The molecule has 7 heteroatoms. The molecule has 2 aliphatic heterocycles. The van der Waals surface area contributed by atoms with Gasteiger partial charge in [-0.15, -0.1) is 0 Å². The molecule has 7 nitrogen and oxygen atoms in total. The van der Waals surface area contributed by atoms with E-state index in [1.54, 1.807) is 6.08 Å². The highest BCUT2D eigenvalue weighted by atomic mass is 16.7. The molecule has 0 aromatic heterocycles. The van der Waals surface area contributed by atoms with Crippen molar-refractivity contribution in [3.63, 3.8) is 0 Å². The Morgan fingerprint density at radius 3 is 2.75 bits per heavy atom. The van der Waals surface area contributed by atoms with Crippen LogP contribution in [0.25, 0.3) is 0 Å². The van der Waals surface area contributed by atoms with E-state index in [1.807, 2.05) is 6.92 Å². The number of allylic oxidation sites excluding steroid dienone is 2. The van der Waals surface area contributed by atoms with E-state index in [-0.39, 0.29) is 18.6 Å². The maximum absolute atomic E-state index is 12.6. The van der Waals surface area contributed by atoms with Gasteiger partial charge in [-0.25, -0.2) is 0 Å². The number of carbonyl (C=O) groups excluding carboxylic acids is 1. The van der Waals surface area contributed by atoms with Gasteiger partial charge in [0, 0.05) is 5.92 Å². The SMILES string of the molecule is CC[C@@H]1CC2C(=O)NC3C(=CC(O)C(O)C3O)C2=CC2=C1OCO2. The number of hydrogen-bond donors (Lipinski definition) is 4. The van der Waals surface area contributed by atoms with Gasteiger partial charge in [0.05, 0.1) is 12.0 Å². The van der Waals surface area contributed by atoms with Crippen LogP contribution in [0.15, 0.2) is 34.8 Å². The highest BCUT2D eigenvalue weighted by Gasteiger charge is 2.47. The van der Waals surface area contributed by atoms with Gasteiger partial charge in [-0.05, 0) is 36.1 Å². The lowest BCUT2D eigenvalue weighted by atomic mass is 9.74. The molecule has 5 unspecified atom stereocenters. The third-order valence-electron chi connectivity index (χ3n) is 5.39. The zero-order valence-corrected chi connectivity index (χ0v) is 13.3. The Morgan fingerprint density at radius 2 is 2.00 bits per heavy atom. The molecule has 0 saturated carbocycles. The Balaban J connectivity index is 1.81. The van der Waals surface area contributed by atoms with Gasteiger partial charge in [0.2, 0.25) is 12.7 Å². The number of ether oxygens (including phenoxy) is 2. The topological polar surface area (TPSA) is 108 Å². The molecule has 0 bridgehead atoms. The minimum atomic E-state index is -1.33. The summed E-state index contributed by atoms with van der Waals surface area (Å²) < 4.78 is 11.2. The van der Waals surface area contributed by atoms with Crippen molar-refractivity contribution in [2.24, 2.45) is 11.8 Å². The first-order valence-corrected chi connectivity index (χ1v) is 8.29. The Morgan fingerprint density at radius 1 is 1.21 bits per heavy atom. The molecule has 0 aromatic carbocycles. The maximum atomic E-state index is 12.6. The lowest BCUT2D eigenvalue weighted by molar-refractivity contribution is -0.128. The van der Waals surface area contributed by atoms with Gasteiger partial charge >= 0.3 is 0 Å². The van der Waals surface area contributed by atoms with E-state index in [1.165, 1.54) is 6.08 Å². The molecular formula is C17H21NO6. The van der Waals surface area contributed by atoms with Crippen molar-refractivity contribution < 1.29 is 29.6 Å². The fraction of sp³-hybridized carbons (Fsp3) is 0.588. The van der Waals surface area contributed by atoms with E-state index in [9.17, 15) is 20.1 Å². The average molecular weight is 335 g/mol. The molecule has 24 heavy (non-hydrogen) atoms. The molecule has 6 atom stereocenters. The normalized spacial score (nSPS) is 40.9. The van der Waals surface area contributed by atoms with Crippen LogP contribution >= 0.6 is 0 Å². The van der Waals surface area contributed by atoms with Crippen molar-refractivity contribution in [3.8, 4) is 0 Å². The number of fused-ring (bicyclic) bond motifs is 3. The molecule has 1 saturated heterocycles. The fourth-order valence-corrected chi connectivity index (χ4v) is 4.04. The van der Waals surface area contributed by atoms with Crippen molar-refractivity contribution in [2.75, 3.05) is 6.79 Å². The van der Waals surface area contributed by atoms with Gasteiger partial charge < -0.3 is 30.1 Å². The summed E-state index contributed by atoms with van der Waals surface area (Å²) in [5, 5.41) is 32.9. The van der Waals surface area contributed by atoms with Crippen LogP contribution in [-0.2, 0) is 14.3 Å². The summed E-state index contributed by atoms with van der Waals surface area (Å²) in [6, 6.07) is -0.733. The molecule has 130 valence electrons. The van der Waals surface area contributed by atoms with Crippen LogP contribution in [0.5, 0.6) is 0 Å². The minimum absolute atomic E-state index is 0.0770. The van der Waals surface area contributed by atoms with Crippen LogP contribution in [-0.4, -0.2) is 52.4 Å². The number of aliphatic hydroxyl groups excluding tert-OH is 3. The molecule has 0 radical (unpaired) electrons. The summed E-state index contributed by atoms with van der Waals surface area (Å²) in [5.74, 6) is 0.869. The Bertz CT molecular complexity index is 666. The van der Waals surface area contributed by atoms with E-state index >= 15 is 0 Å². The first-order valence-electron chi connectivity index (χ1n) is 8.29. The molecule has 4 aliphatic rings. The predicted molar refractivity (Wildman–Crippen MR) is 82.1 cm³/mol. The summed E-state index contributed by atoms with van der Waals surface area (Å²) in [6.07, 6.45) is 0.938. The standard InChI is InChI=1S/C17H21NO6/c1-2-7-3-10-8(5-12-16(7)24-6-23-12)9-4-11(19)14(20)15(21)13(9)18-17(10)22/h4-5,7,10-11,13-15,19-21H,2-3,6H2,1H3,(H,18,22)/t7-,10?,11?,13?,14?,15?/m1/s1. The monoisotopic (exact) mass is 335 g/mol. The van der Waals surface area contributed by atoms with E-state index in [0.29, 0.717) is 17.8 Å². The lowest BCUT2D eigenvalue weighted by Gasteiger charge is -2.42. The van der Waals surface area contributed by atoms with E-state index < -0.39 is 30.3 Å². The molecule has 2 heterocycles. The van der Waals surface area contributed by atoms with E-state index in [0.717, 1.165) is 17.8 Å². The number of rotatable bonds is 1. The lowest BCUT2D eigenvalue weighted by Crippen LogP contribution is -2.60. The molecule has 0 aromatic rings. The average Bonchev–Trinajstić information content (AvgIpc) is 2.95. The second-order valence-corrected chi connectivity index (χ2v) is 6.71. The Kier molecular flexibility index (Phi) is 3.67. The summed E-state index contributed by atoms with van der Waals surface area (Å²) in [6.45, 7) is 2.20. The van der Waals surface area contributed by atoms with Crippen LogP contribution in [0, 0.1) is 11.8 Å². The van der Waals surface area contributed by atoms with Crippen molar-refractivity contribution in [3.05, 3.63) is 34.8 Å². The van der Waals surface area contributed by atoms with Crippen molar-refractivity contribution in [2.45, 2.75) is 44.1 Å². The molecular weight excluding hydrogens is 314 g/mol. The van der Waals surface area contributed by atoms with Gasteiger partial charge in [-0.3, -0.25) is 4.79 Å². The molecule has 2 aliphatic carbocycles. The number of aliphatic hydroxyl groups is 3. The van der Waals surface area contributed by atoms with E-state index in [4.69, 9.17) is 9.47 Å². The summed E-state index contributed by atoms with van der Waals surface area (Å²) >= 11 is 0. The Hall–Kier alpha value is -1.83. The number of amides is 1. The first kappa shape index (κ1) is 15.7. The van der Waals surface area contributed by atoms with Gasteiger partial charge in [0.25, 0.3) is 0 Å². The first-order chi connectivity index (χ1) is 11.5. The van der Waals surface area contributed by atoms with Crippen molar-refractivity contribution in [1.82, 2.24) is 5.32 Å². The summed E-state index contributed by atoms with van der Waals surface area (Å²) in [4.78, 5) is 12.6. The highest BCUT2D eigenvalue weighted by molar-refractivity contribution is 5.87. The van der Waals surface area contributed by atoms with Crippen LogP contribution < -0.4 is 5.32 Å². The minimum Gasteiger partial charge on any atom is -0.458 e. The molecule has 1 fully saturated rings.